The lowest BCUT2D eigenvalue weighted by Crippen LogP contribution is -2.40. The van der Waals surface area contributed by atoms with Crippen LogP contribution in [0.5, 0.6) is 0 Å². The number of hydrogen-bond donors (Lipinski definition) is 2. The number of rotatable bonds is 7. The van der Waals surface area contributed by atoms with E-state index in [1.807, 2.05) is 13.8 Å². The summed E-state index contributed by atoms with van der Waals surface area (Å²) < 4.78 is 26.6. The lowest BCUT2D eigenvalue weighted by atomic mass is 10.3. The molecule has 5 nitrogen and oxygen atoms in total. The first-order valence-electron chi connectivity index (χ1n) is 6.71. The molecule has 1 aromatic rings. The number of nitrogens with zero attached hydrogens (tertiary/aromatic N) is 1. The van der Waals surface area contributed by atoms with Gasteiger partial charge < -0.3 is 10.2 Å². The van der Waals surface area contributed by atoms with E-state index in [0.717, 1.165) is 12.1 Å². The first kappa shape index (κ1) is 17.0. The molecule has 0 aromatic heterocycles. The van der Waals surface area contributed by atoms with Crippen LogP contribution in [0.1, 0.15) is 13.8 Å². The fourth-order valence-corrected chi connectivity index (χ4v) is 1.77. The van der Waals surface area contributed by atoms with Crippen LogP contribution in [-0.4, -0.2) is 42.9 Å². The normalized spacial score (nSPS) is 10.3. The summed E-state index contributed by atoms with van der Waals surface area (Å²) in [4.78, 5) is 24.9. The van der Waals surface area contributed by atoms with Gasteiger partial charge in [0.15, 0.2) is 0 Å². The second-order valence-corrected chi connectivity index (χ2v) is 4.31. The molecule has 0 aliphatic carbocycles. The molecule has 1 aromatic carbocycles. The van der Waals surface area contributed by atoms with E-state index in [-0.39, 0.29) is 19.0 Å². The molecule has 2 N–H and O–H groups in total. The Morgan fingerprint density at radius 2 is 1.67 bits per heavy atom. The Kier molecular flexibility index (Phi) is 6.74. The minimum absolute atomic E-state index is 0.00511. The molecule has 21 heavy (non-hydrogen) atoms. The van der Waals surface area contributed by atoms with Gasteiger partial charge in [0.1, 0.15) is 17.3 Å². The van der Waals surface area contributed by atoms with Crippen LogP contribution in [0.25, 0.3) is 0 Å². The van der Waals surface area contributed by atoms with Crippen molar-refractivity contribution in [2.24, 2.45) is 0 Å². The van der Waals surface area contributed by atoms with Gasteiger partial charge in [-0.2, -0.15) is 0 Å². The van der Waals surface area contributed by atoms with Crippen LogP contribution in [0, 0.1) is 11.6 Å². The number of nitrogens with one attached hydrogen (secondary N) is 2. The van der Waals surface area contributed by atoms with Crippen molar-refractivity contribution in [3.8, 4) is 0 Å². The Hall–Kier alpha value is -2.02. The van der Waals surface area contributed by atoms with Gasteiger partial charge in [-0.1, -0.05) is 6.07 Å². The lowest BCUT2D eigenvalue weighted by Gasteiger charge is -2.18. The maximum absolute atomic E-state index is 13.3. The van der Waals surface area contributed by atoms with Crippen LogP contribution in [0.3, 0.4) is 0 Å². The van der Waals surface area contributed by atoms with E-state index in [0.29, 0.717) is 13.1 Å². The number of para-hydroxylation sites is 1. The lowest BCUT2D eigenvalue weighted by molar-refractivity contribution is -0.129. The molecule has 0 aliphatic heterocycles. The van der Waals surface area contributed by atoms with Crippen molar-refractivity contribution in [2.75, 3.05) is 31.5 Å². The van der Waals surface area contributed by atoms with Crippen molar-refractivity contribution >= 4 is 17.5 Å². The van der Waals surface area contributed by atoms with Gasteiger partial charge in [0, 0.05) is 13.1 Å². The van der Waals surface area contributed by atoms with Crippen molar-refractivity contribution in [1.29, 1.82) is 0 Å². The molecule has 0 aliphatic rings. The SMILES string of the molecule is CCN(CC)C(=O)CNCC(=O)Nc1c(F)cccc1F. The minimum Gasteiger partial charge on any atom is -0.342 e. The molecule has 0 fully saturated rings. The first-order valence-corrected chi connectivity index (χ1v) is 6.71. The Bertz CT molecular complexity index is 485. The number of carbonyl (C=O) groups excluding carboxylic acids is 2. The summed E-state index contributed by atoms with van der Waals surface area (Å²) in [6.45, 7) is 4.67. The predicted octanol–water partition coefficient (Wildman–Crippen LogP) is 1.36. The van der Waals surface area contributed by atoms with Crippen molar-refractivity contribution < 1.29 is 18.4 Å². The number of hydrogen-bond acceptors (Lipinski definition) is 3. The summed E-state index contributed by atoms with van der Waals surface area (Å²) in [5.41, 5.74) is -0.487. The number of likely N-dealkylation sites (N-methyl/N-ethyl adjacent to an activating group) is 1. The van der Waals surface area contributed by atoms with Crippen LogP contribution in [-0.2, 0) is 9.59 Å². The van der Waals surface area contributed by atoms with Gasteiger partial charge in [0.2, 0.25) is 11.8 Å². The Morgan fingerprint density at radius 3 is 2.19 bits per heavy atom. The standard InChI is InChI=1S/C14H19F2N3O2/c1-3-19(4-2)13(21)9-17-8-12(20)18-14-10(15)6-5-7-11(14)16/h5-7,17H,3-4,8-9H2,1-2H3,(H,18,20). The predicted molar refractivity (Wildman–Crippen MR) is 75.8 cm³/mol. The molecule has 0 radical (unpaired) electrons. The molecule has 1 rings (SSSR count). The smallest absolute Gasteiger partial charge is 0.238 e. The zero-order valence-corrected chi connectivity index (χ0v) is 12.1. The first-order chi connectivity index (χ1) is 9.99. The number of carbonyl (C=O) groups is 2. The largest absolute Gasteiger partial charge is 0.342 e. The molecule has 2 amide bonds. The summed E-state index contributed by atoms with van der Waals surface area (Å²) in [6.07, 6.45) is 0. The summed E-state index contributed by atoms with van der Waals surface area (Å²) >= 11 is 0. The van der Waals surface area contributed by atoms with Crippen LogP contribution in [0.4, 0.5) is 14.5 Å². The van der Waals surface area contributed by atoms with Gasteiger partial charge >= 0.3 is 0 Å². The van der Waals surface area contributed by atoms with Gasteiger partial charge in [-0.15, -0.1) is 0 Å². The quantitative estimate of drug-likeness (QED) is 0.799. The number of halogens is 2. The molecular weight excluding hydrogens is 280 g/mol. The Balaban J connectivity index is 2.43. The van der Waals surface area contributed by atoms with E-state index in [4.69, 9.17) is 0 Å². The van der Waals surface area contributed by atoms with E-state index >= 15 is 0 Å². The van der Waals surface area contributed by atoms with Crippen molar-refractivity contribution in [3.05, 3.63) is 29.8 Å². The van der Waals surface area contributed by atoms with Crippen LogP contribution < -0.4 is 10.6 Å². The second kappa shape index (κ2) is 8.31. The van der Waals surface area contributed by atoms with Crippen molar-refractivity contribution in [2.45, 2.75) is 13.8 Å². The molecule has 0 saturated heterocycles. The maximum Gasteiger partial charge on any atom is 0.238 e. The second-order valence-electron chi connectivity index (χ2n) is 4.31. The highest BCUT2D eigenvalue weighted by Gasteiger charge is 2.13. The van der Waals surface area contributed by atoms with Gasteiger partial charge in [0.05, 0.1) is 13.1 Å². The summed E-state index contributed by atoms with van der Waals surface area (Å²) in [5, 5.41) is 4.78. The molecule has 0 bridgehead atoms. The van der Waals surface area contributed by atoms with Crippen LogP contribution in [0.15, 0.2) is 18.2 Å². The number of anilines is 1. The zero-order valence-electron chi connectivity index (χ0n) is 12.1. The van der Waals surface area contributed by atoms with E-state index in [1.54, 1.807) is 4.90 Å². The average molecular weight is 299 g/mol. The third-order valence-corrected chi connectivity index (χ3v) is 2.91. The molecular formula is C14H19F2N3O2. The van der Waals surface area contributed by atoms with E-state index in [1.165, 1.54) is 6.07 Å². The van der Waals surface area contributed by atoms with Crippen LogP contribution >= 0.6 is 0 Å². The van der Waals surface area contributed by atoms with Gasteiger partial charge in [-0.3, -0.25) is 14.9 Å². The van der Waals surface area contributed by atoms with E-state index in [9.17, 15) is 18.4 Å². The van der Waals surface area contributed by atoms with Gasteiger partial charge in [-0.25, -0.2) is 8.78 Å². The highest BCUT2D eigenvalue weighted by Crippen LogP contribution is 2.17. The monoisotopic (exact) mass is 299 g/mol. The molecule has 0 saturated carbocycles. The van der Waals surface area contributed by atoms with Gasteiger partial charge in [-0.05, 0) is 26.0 Å². The number of amides is 2. The summed E-state index contributed by atoms with van der Waals surface area (Å²) in [5.74, 6) is -2.44. The molecule has 0 heterocycles. The summed E-state index contributed by atoms with van der Waals surface area (Å²) in [6, 6.07) is 3.31. The highest BCUT2D eigenvalue weighted by molar-refractivity contribution is 5.92. The topological polar surface area (TPSA) is 61.4 Å². The minimum atomic E-state index is -0.845. The Morgan fingerprint density at radius 1 is 1.10 bits per heavy atom. The van der Waals surface area contributed by atoms with Crippen molar-refractivity contribution in [3.63, 3.8) is 0 Å². The summed E-state index contributed by atoms with van der Waals surface area (Å²) in [7, 11) is 0. The third kappa shape index (κ3) is 5.11. The van der Waals surface area contributed by atoms with E-state index in [2.05, 4.69) is 10.6 Å². The fraction of sp³-hybridized carbons (Fsp3) is 0.429. The highest BCUT2D eigenvalue weighted by atomic mass is 19.1. The number of benzene rings is 1. The molecule has 116 valence electrons. The van der Waals surface area contributed by atoms with Crippen molar-refractivity contribution in [1.82, 2.24) is 10.2 Å². The van der Waals surface area contributed by atoms with E-state index < -0.39 is 23.2 Å². The molecule has 0 atom stereocenters. The molecule has 0 spiro atoms. The average Bonchev–Trinajstić information content (AvgIpc) is 2.44. The fourth-order valence-electron chi connectivity index (χ4n) is 1.77. The van der Waals surface area contributed by atoms with Crippen LogP contribution in [0.2, 0.25) is 0 Å². The maximum atomic E-state index is 13.3. The Labute approximate surface area is 122 Å². The zero-order chi connectivity index (χ0) is 15.8. The third-order valence-electron chi connectivity index (χ3n) is 2.91. The molecule has 0 unspecified atom stereocenters. The molecule has 7 heteroatoms. The van der Waals surface area contributed by atoms with Gasteiger partial charge in [0.25, 0.3) is 0 Å².